The fourth-order valence-electron chi connectivity index (χ4n) is 3.96. The average Bonchev–Trinajstić information content (AvgIpc) is 2.84. The molecule has 1 N–H and O–H groups in total. The molecule has 178 valence electrons. The van der Waals surface area contributed by atoms with Crippen molar-refractivity contribution in [1.82, 2.24) is 4.57 Å². The van der Waals surface area contributed by atoms with E-state index in [-0.39, 0.29) is 11.3 Å². The molecule has 0 fully saturated rings. The van der Waals surface area contributed by atoms with Gasteiger partial charge in [0.25, 0.3) is 11.5 Å². The summed E-state index contributed by atoms with van der Waals surface area (Å²) in [4.78, 5) is 39.3. The molecule has 35 heavy (non-hydrogen) atoms. The van der Waals surface area contributed by atoms with E-state index in [2.05, 4.69) is 5.32 Å². The fraction of sp³-hybridized carbons (Fsp3) is 0.179. The molecule has 0 aliphatic carbocycles. The molecular formula is C28H25ClN2O4. The zero-order chi connectivity index (χ0) is 25.3. The maximum Gasteiger partial charge on any atom is 0.356 e. The minimum Gasteiger partial charge on any atom is -0.448 e. The van der Waals surface area contributed by atoms with Crippen molar-refractivity contribution in [2.45, 2.75) is 26.9 Å². The molecule has 0 aliphatic heterocycles. The van der Waals surface area contributed by atoms with Crippen LogP contribution < -0.4 is 10.9 Å². The van der Waals surface area contributed by atoms with Crippen molar-refractivity contribution in [2.24, 2.45) is 7.05 Å². The molecule has 1 atom stereocenters. The molecular weight excluding hydrogens is 464 g/mol. The number of halogens is 1. The molecule has 1 unspecified atom stereocenters. The predicted octanol–water partition coefficient (Wildman–Crippen LogP) is 5.66. The highest BCUT2D eigenvalue weighted by Crippen LogP contribution is 2.31. The number of amides is 1. The van der Waals surface area contributed by atoms with Gasteiger partial charge < -0.3 is 14.6 Å². The number of rotatable bonds is 5. The summed E-state index contributed by atoms with van der Waals surface area (Å²) in [6.45, 7) is 5.24. The molecule has 7 heteroatoms. The Morgan fingerprint density at radius 1 is 0.943 bits per heavy atom. The minimum absolute atomic E-state index is 0.0798. The van der Waals surface area contributed by atoms with E-state index in [1.165, 1.54) is 18.5 Å². The van der Waals surface area contributed by atoms with E-state index in [0.717, 1.165) is 11.1 Å². The van der Waals surface area contributed by atoms with Crippen molar-refractivity contribution in [2.75, 3.05) is 5.32 Å². The van der Waals surface area contributed by atoms with E-state index in [1.807, 2.05) is 37.3 Å². The van der Waals surface area contributed by atoms with E-state index < -0.39 is 18.0 Å². The van der Waals surface area contributed by atoms with Crippen LogP contribution in [0.1, 0.15) is 28.5 Å². The number of ether oxygens (including phenoxy) is 1. The van der Waals surface area contributed by atoms with Crippen LogP contribution in [0.15, 0.2) is 71.5 Å². The van der Waals surface area contributed by atoms with Gasteiger partial charge in [0.2, 0.25) is 0 Å². The van der Waals surface area contributed by atoms with Gasteiger partial charge in [0.15, 0.2) is 6.10 Å². The molecule has 6 nitrogen and oxygen atoms in total. The Bertz CT molecular complexity index is 1510. The third-order valence-electron chi connectivity index (χ3n) is 6.02. The topological polar surface area (TPSA) is 77.4 Å². The van der Waals surface area contributed by atoms with Gasteiger partial charge in [-0.25, -0.2) is 4.79 Å². The van der Waals surface area contributed by atoms with E-state index in [0.29, 0.717) is 32.6 Å². The van der Waals surface area contributed by atoms with Crippen molar-refractivity contribution in [3.05, 3.63) is 98.9 Å². The molecule has 1 aromatic heterocycles. The second-order valence-electron chi connectivity index (χ2n) is 8.45. The van der Waals surface area contributed by atoms with Gasteiger partial charge >= 0.3 is 5.97 Å². The standard InChI is InChI=1S/C28H25ClN2O4/c1-16-12-14-19(15-13-16)24-20-8-5-6-9-21(20)27(33)31(4)25(24)28(34)35-18(3)26(32)30-23-11-7-10-22(29)17(23)2/h5-15,18H,1-4H3,(H,30,32). The van der Waals surface area contributed by atoms with Crippen LogP contribution >= 0.6 is 11.6 Å². The fourth-order valence-corrected chi connectivity index (χ4v) is 4.14. The Hall–Kier alpha value is -3.90. The first-order valence-corrected chi connectivity index (χ1v) is 11.5. The number of aryl methyl sites for hydroxylation is 1. The van der Waals surface area contributed by atoms with Gasteiger partial charge in [-0.2, -0.15) is 0 Å². The SMILES string of the molecule is Cc1ccc(-c2c(C(=O)OC(C)C(=O)Nc3cccc(Cl)c3C)n(C)c(=O)c3ccccc23)cc1. The summed E-state index contributed by atoms with van der Waals surface area (Å²) in [6.07, 6.45) is -1.12. The van der Waals surface area contributed by atoms with Gasteiger partial charge in [0.05, 0.1) is 0 Å². The number of nitrogens with one attached hydrogen (secondary N) is 1. The highest BCUT2D eigenvalue weighted by Gasteiger charge is 2.26. The van der Waals surface area contributed by atoms with Gasteiger partial charge in [0, 0.05) is 28.7 Å². The lowest BCUT2D eigenvalue weighted by Gasteiger charge is -2.19. The molecule has 0 saturated carbocycles. The van der Waals surface area contributed by atoms with E-state index in [1.54, 1.807) is 43.3 Å². The Morgan fingerprint density at radius 3 is 2.29 bits per heavy atom. The number of benzene rings is 3. The third kappa shape index (κ3) is 4.70. The molecule has 1 amide bonds. The summed E-state index contributed by atoms with van der Waals surface area (Å²) in [5.41, 5.74) is 3.40. The van der Waals surface area contributed by atoms with Crippen molar-refractivity contribution in [1.29, 1.82) is 0 Å². The Morgan fingerprint density at radius 2 is 1.60 bits per heavy atom. The van der Waals surface area contributed by atoms with Crippen molar-refractivity contribution >= 4 is 39.9 Å². The summed E-state index contributed by atoms with van der Waals surface area (Å²) >= 11 is 6.14. The molecule has 3 aromatic carbocycles. The number of carbonyl (C=O) groups is 2. The smallest absolute Gasteiger partial charge is 0.356 e. The molecule has 4 rings (SSSR count). The summed E-state index contributed by atoms with van der Waals surface area (Å²) in [5.74, 6) is -1.28. The minimum atomic E-state index is -1.12. The van der Waals surface area contributed by atoms with Crippen LogP contribution in [0, 0.1) is 13.8 Å². The lowest BCUT2D eigenvalue weighted by molar-refractivity contribution is -0.123. The number of carbonyl (C=O) groups excluding carboxylic acids is 2. The number of nitrogens with zero attached hydrogens (tertiary/aromatic N) is 1. The quantitative estimate of drug-likeness (QED) is 0.368. The lowest BCUT2D eigenvalue weighted by atomic mass is 9.96. The normalized spacial score (nSPS) is 11.8. The molecule has 0 bridgehead atoms. The Labute approximate surface area is 208 Å². The number of pyridine rings is 1. The second-order valence-corrected chi connectivity index (χ2v) is 8.86. The van der Waals surface area contributed by atoms with Crippen LogP contribution in [-0.4, -0.2) is 22.5 Å². The highest BCUT2D eigenvalue weighted by molar-refractivity contribution is 6.31. The third-order valence-corrected chi connectivity index (χ3v) is 6.43. The summed E-state index contributed by atoms with van der Waals surface area (Å²) in [7, 11) is 1.53. The van der Waals surface area contributed by atoms with Gasteiger partial charge in [-0.15, -0.1) is 0 Å². The molecule has 0 spiro atoms. The van der Waals surface area contributed by atoms with Crippen molar-refractivity contribution in [3.63, 3.8) is 0 Å². The predicted molar refractivity (Wildman–Crippen MR) is 139 cm³/mol. The zero-order valence-corrected chi connectivity index (χ0v) is 20.6. The maximum atomic E-state index is 13.4. The van der Waals surface area contributed by atoms with Crippen LogP contribution in [0.2, 0.25) is 5.02 Å². The summed E-state index contributed by atoms with van der Waals surface area (Å²) in [5, 5.41) is 4.39. The first kappa shape index (κ1) is 24.2. The largest absolute Gasteiger partial charge is 0.448 e. The highest BCUT2D eigenvalue weighted by atomic mass is 35.5. The number of anilines is 1. The first-order chi connectivity index (χ1) is 16.7. The maximum absolute atomic E-state index is 13.4. The number of fused-ring (bicyclic) bond motifs is 1. The van der Waals surface area contributed by atoms with E-state index in [4.69, 9.17) is 16.3 Å². The number of aromatic nitrogens is 1. The summed E-state index contributed by atoms with van der Waals surface area (Å²) < 4.78 is 6.85. The zero-order valence-electron chi connectivity index (χ0n) is 19.9. The van der Waals surface area contributed by atoms with Gasteiger partial charge in [-0.3, -0.25) is 9.59 Å². The summed E-state index contributed by atoms with van der Waals surface area (Å²) in [6, 6.07) is 20.0. The van der Waals surface area contributed by atoms with E-state index >= 15 is 0 Å². The molecule has 0 saturated heterocycles. The van der Waals surface area contributed by atoms with Crippen LogP contribution in [0.4, 0.5) is 5.69 Å². The molecule has 4 aromatic rings. The van der Waals surface area contributed by atoms with Crippen molar-refractivity contribution in [3.8, 4) is 11.1 Å². The van der Waals surface area contributed by atoms with Crippen molar-refractivity contribution < 1.29 is 14.3 Å². The monoisotopic (exact) mass is 488 g/mol. The van der Waals surface area contributed by atoms with Crippen LogP contribution in [0.5, 0.6) is 0 Å². The number of hydrogen-bond donors (Lipinski definition) is 1. The Balaban J connectivity index is 1.74. The first-order valence-electron chi connectivity index (χ1n) is 11.1. The molecule has 1 heterocycles. The molecule has 0 radical (unpaired) electrons. The van der Waals surface area contributed by atoms with Crippen LogP contribution in [0.3, 0.4) is 0 Å². The van der Waals surface area contributed by atoms with Gasteiger partial charge in [0.1, 0.15) is 5.69 Å². The van der Waals surface area contributed by atoms with Crippen LogP contribution in [-0.2, 0) is 16.6 Å². The average molecular weight is 489 g/mol. The van der Waals surface area contributed by atoms with Gasteiger partial charge in [-0.05, 0) is 55.5 Å². The van der Waals surface area contributed by atoms with E-state index in [9.17, 15) is 14.4 Å². The number of hydrogen-bond acceptors (Lipinski definition) is 4. The number of esters is 1. The van der Waals surface area contributed by atoms with Gasteiger partial charge in [-0.1, -0.05) is 65.7 Å². The molecule has 0 aliphatic rings. The lowest BCUT2D eigenvalue weighted by Crippen LogP contribution is -2.33. The van der Waals surface area contributed by atoms with Crippen LogP contribution in [0.25, 0.3) is 21.9 Å². The Kier molecular flexibility index (Phi) is 6.76. The second kappa shape index (κ2) is 9.76.